The molecule has 0 aromatic carbocycles. The molecule has 1 N–H and O–H groups in total. The molecular formula is C25H45BrO2Si. The second-order valence-corrected chi connectivity index (χ2v) is 19.0. The summed E-state index contributed by atoms with van der Waals surface area (Å²) in [6.07, 6.45) is 10.2. The van der Waals surface area contributed by atoms with E-state index in [0.717, 1.165) is 30.6 Å². The number of aliphatic hydroxyl groups is 1. The molecule has 0 bridgehead atoms. The summed E-state index contributed by atoms with van der Waals surface area (Å²) in [5, 5.41) is 11.7. The van der Waals surface area contributed by atoms with Crippen LogP contribution < -0.4 is 0 Å². The molecule has 4 heteroatoms. The molecule has 1 unspecified atom stereocenters. The fraction of sp³-hybridized carbons (Fsp3) is 1.00. The van der Waals surface area contributed by atoms with Gasteiger partial charge in [-0.3, -0.25) is 0 Å². The summed E-state index contributed by atoms with van der Waals surface area (Å²) in [6.45, 7) is 16.9. The number of aliphatic hydroxyl groups excluding tert-OH is 1. The predicted octanol–water partition coefficient (Wildman–Crippen LogP) is 7.15. The third-order valence-corrected chi connectivity index (χ3v) is 16.8. The van der Waals surface area contributed by atoms with Gasteiger partial charge < -0.3 is 9.53 Å². The van der Waals surface area contributed by atoms with E-state index in [1.165, 1.54) is 38.5 Å². The smallest absolute Gasteiger partial charge is 0.192 e. The Morgan fingerprint density at radius 3 is 2.17 bits per heavy atom. The fourth-order valence-corrected chi connectivity index (χ4v) is 10.1. The summed E-state index contributed by atoms with van der Waals surface area (Å²) in [5.41, 5.74) is 0.758. The van der Waals surface area contributed by atoms with Crippen molar-refractivity contribution in [2.75, 3.05) is 0 Å². The Balaban J connectivity index is 1.53. The molecule has 0 radical (unpaired) electrons. The first-order valence-corrected chi connectivity index (χ1v) is 16.1. The van der Waals surface area contributed by atoms with Crippen molar-refractivity contribution in [3.05, 3.63) is 0 Å². The van der Waals surface area contributed by atoms with Crippen LogP contribution in [0.15, 0.2) is 0 Å². The molecule has 4 saturated carbocycles. The monoisotopic (exact) mass is 484 g/mol. The molecule has 4 rings (SSSR count). The zero-order valence-electron chi connectivity index (χ0n) is 19.9. The zero-order valence-corrected chi connectivity index (χ0v) is 22.5. The Bertz CT molecular complexity index is 631. The Hall–Kier alpha value is 0.617. The van der Waals surface area contributed by atoms with Gasteiger partial charge >= 0.3 is 0 Å². The van der Waals surface area contributed by atoms with Crippen molar-refractivity contribution in [3.8, 4) is 0 Å². The average molecular weight is 486 g/mol. The minimum atomic E-state index is -1.75. The van der Waals surface area contributed by atoms with E-state index in [0.29, 0.717) is 27.7 Å². The Labute approximate surface area is 189 Å². The summed E-state index contributed by atoms with van der Waals surface area (Å²) in [6, 6.07) is 0. The van der Waals surface area contributed by atoms with E-state index in [1.54, 1.807) is 0 Å². The maximum absolute atomic E-state index is 11.4. The molecular weight excluding hydrogens is 440 g/mol. The summed E-state index contributed by atoms with van der Waals surface area (Å²) in [4.78, 5) is 0.678. The standard InChI is InChI=1S/C25H45BrO2Si/c1-23(2,3)29(6,7)28-16-10-12-24(4)19-11-13-25(5)18(8-9-22(25)26)17(19)15-21(27)20(24)14-16/h16-22,27H,8-15H2,1-7H3/t16-,17-,18-,19-,20?,21+,22-,24+,25-/m0/s1. The molecule has 0 spiro atoms. The highest BCUT2D eigenvalue weighted by atomic mass is 79.9. The molecule has 4 aliphatic carbocycles. The summed E-state index contributed by atoms with van der Waals surface area (Å²) >= 11 is 4.03. The minimum Gasteiger partial charge on any atom is -0.414 e. The molecule has 0 heterocycles. The van der Waals surface area contributed by atoms with E-state index in [2.05, 4.69) is 63.6 Å². The van der Waals surface area contributed by atoms with Crippen LogP contribution in [0.2, 0.25) is 18.1 Å². The van der Waals surface area contributed by atoms with E-state index < -0.39 is 8.32 Å². The van der Waals surface area contributed by atoms with Crippen molar-refractivity contribution < 1.29 is 9.53 Å². The predicted molar refractivity (Wildman–Crippen MR) is 128 cm³/mol. The van der Waals surface area contributed by atoms with Crippen molar-refractivity contribution >= 4 is 24.2 Å². The lowest BCUT2D eigenvalue weighted by molar-refractivity contribution is -0.165. The Morgan fingerprint density at radius 2 is 1.52 bits per heavy atom. The van der Waals surface area contributed by atoms with Gasteiger partial charge in [0.15, 0.2) is 8.32 Å². The Morgan fingerprint density at radius 1 is 0.897 bits per heavy atom. The molecule has 0 amide bonds. The van der Waals surface area contributed by atoms with Crippen molar-refractivity contribution in [1.82, 2.24) is 0 Å². The van der Waals surface area contributed by atoms with Crippen LogP contribution in [0, 0.1) is 34.5 Å². The third-order valence-electron chi connectivity index (χ3n) is 10.8. The maximum Gasteiger partial charge on any atom is 0.192 e. The van der Waals surface area contributed by atoms with Crippen LogP contribution in [0.25, 0.3) is 0 Å². The van der Waals surface area contributed by atoms with Gasteiger partial charge in [-0.05, 0) is 104 Å². The number of fused-ring (bicyclic) bond motifs is 5. The van der Waals surface area contributed by atoms with Crippen LogP contribution in [0.5, 0.6) is 0 Å². The van der Waals surface area contributed by atoms with Crippen molar-refractivity contribution in [2.24, 2.45) is 34.5 Å². The first-order chi connectivity index (χ1) is 13.3. The van der Waals surface area contributed by atoms with Gasteiger partial charge in [0, 0.05) is 10.9 Å². The van der Waals surface area contributed by atoms with Crippen LogP contribution in [0.3, 0.4) is 0 Å². The first kappa shape index (κ1) is 22.8. The van der Waals surface area contributed by atoms with E-state index in [-0.39, 0.29) is 11.1 Å². The largest absolute Gasteiger partial charge is 0.414 e. The molecule has 168 valence electrons. The van der Waals surface area contributed by atoms with Gasteiger partial charge in [-0.1, -0.05) is 50.5 Å². The third kappa shape index (κ3) is 3.55. The number of hydrogen-bond acceptors (Lipinski definition) is 2. The summed E-state index contributed by atoms with van der Waals surface area (Å²) in [7, 11) is -1.75. The molecule has 0 aliphatic heterocycles. The Kier molecular flexibility index (Phi) is 5.75. The SMILES string of the molecule is CC(C)(C)[Si](C)(C)O[C@H]1CC[C@@]2(C)C(C1)[C@H](O)C[C@H]1[C@@H]3CC[C@H](Br)[C@@]3(C)CC[C@@H]12. The highest BCUT2D eigenvalue weighted by molar-refractivity contribution is 9.09. The van der Waals surface area contributed by atoms with Gasteiger partial charge in [-0.2, -0.15) is 0 Å². The molecule has 4 fully saturated rings. The summed E-state index contributed by atoms with van der Waals surface area (Å²) in [5.74, 6) is 2.77. The van der Waals surface area contributed by atoms with Gasteiger partial charge in [0.1, 0.15) is 0 Å². The molecule has 2 nitrogen and oxygen atoms in total. The lowest BCUT2D eigenvalue weighted by Gasteiger charge is -2.62. The normalized spacial score (nSPS) is 50.6. The zero-order chi connectivity index (χ0) is 21.4. The second kappa shape index (κ2) is 7.32. The van der Waals surface area contributed by atoms with Crippen LogP contribution in [-0.2, 0) is 4.43 Å². The number of rotatable bonds is 2. The number of hydrogen-bond donors (Lipinski definition) is 1. The average Bonchev–Trinajstić information content (AvgIpc) is 2.90. The topological polar surface area (TPSA) is 29.5 Å². The molecule has 0 saturated heterocycles. The van der Waals surface area contributed by atoms with Crippen molar-refractivity contribution in [2.45, 2.75) is 121 Å². The van der Waals surface area contributed by atoms with E-state index in [4.69, 9.17) is 4.43 Å². The molecule has 0 aromatic heterocycles. The van der Waals surface area contributed by atoms with Crippen LogP contribution in [0.1, 0.15) is 86.0 Å². The van der Waals surface area contributed by atoms with Gasteiger partial charge in [0.2, 0.25) is 0 Å². The van der Waals surface area contributed by atoms with E-state index in [9.17, 15) is 5.11 Å². The van der Waals surface area contributed by atoms with Crippen LogP contribution in [0.4, 0.5) is 0 Å². The summed E-state index contributed by atoms with van der Waals surface area (Å²) < 4.78 is 6.84. The second-order valence-electron chi connectivity index (χ2n) is 13.2. The minimum absolute atomic E-state index is 0.135. The molecule has 9 atom stereocenters. The molecule has 29 heavy (non-hydrogen) atoms. The van der Waals surface area contributed by atoms with Gasteiger partial charge in [-0.25, -0.2) is 0 Å². The molecule has 4 aliphatic rings. The highest BCUT2D eigenvalue weighted by Gasteiger charge is 2.62. The quantitative estimate of drug-likeness (QED) is 0.332. The van der Waals surface area contributed by atoms with E-state index in [1.807, 2.05) is 0 Å². The van der Waals surface area contributed by atoms with Crippen molar-refractivity contribution in [3.63, 3.8) is 0 Å². The van der Waals surface area contributed by atoms with Crippen molar-refractivity contribution in [1.29, 1.82) is 0 Å². The fourth-order valence-electron chi connectivity index (χ4n) is 7.90. The van der Waals surface area contributed by atoms with Crippen LogP contribution >= 0.6 is 15.9 Å². The molecule has 0 aromatic rings. The highest BCUT2D eigenvalue weighted by Crippen LogP contribution is 2.67. The lowest BCUT2D eigenvalue weighted by Crippen LogP contribution is -2.59. The number of alkyl halides is 1. The first-order valence-electron chi connectivity index (χ1n) is 12.3. The number of halogens is 1. The van der Waals surface area contributed by atoms with Crippen LogP contribution in [-0.4, -0.2) is 30.5 Å². The lowest BCUT2D eigenvalue weighted by atomic mass is 9.44. The van der Waals surface area contributed by atoms with Gasteiger partial charge in [-0.15, -0.1) is 0 Å². The maximum atomic E-state index is 11.4. The van der Waals surface area contributed by atoms with Gasteiger partial charge in [0.05, 0.1) is 6.10 Å². The van der Waals surface area contributed by atoms with Gasteiger partial charge in [0.25, 0.3) is 0 Å². The van der Waals surface area contributed by atoms with E-state index >= 15 is 0 Å².